The van der Waals surface area contributed by atoms with E-state index in [0.29, 0.717) is 16.9 Å². The molecule has 0 amide bonds. The maximum absolute atomic E-state index is 12.1. The lowest BCUT2D eigenvalue weighted by Crippen LogP contribution is -2.14. The number of nitrogen functional groups attached to an aromatic ring is 1. The molecule has 18 heavy (non-hydrogen) atoms. The first-order chi connectivity index (χ1) is 8.38. The van der Waals surface area contributed by atoms with Gasteiger partial charge in [-0.25, -0.2) is 13.1 Å². The van der Waals surface area contributed by atoms with Crippen molar-refractivity contribution in [2.75, 3.05) is 10.5 Å². The van der Waals surface area contributed by atoms with Gasteiger partial charge in [-0.1, -0.05) is 5.16 Å². The van der Waals surface area contributed by atoms with E-state index in [0.717, 1.165) is 0 Å². The average Bonchev–Trinajstić information content (AvgIpc) is 2.62. The monoisotopic (exact) mass is 267 g/mol. The summed E-state index contributed by atoms with van der Waals surface area (Å²) in [6.45, 7) is 3.38. The van der Waals surface area contributed by atoms with Crippen molar-refractivity contribution in [1.82, 2.24) is 5.16 Å². The number of aryl methyl sites for hydroxylation is 2. The smallest absolute Gasteiger partial charge is 0.264 e. The molecule has 0 aliphatic heterocycles. The lowest BCUT2D eigenvalue weighted by atomic mass is 10.2. The first kappa shape index (κ1) is 12.4. The number of nitrogens with two attached hydrogens (primary N) is 1. The third kappa shape index (κ3) is 2.45. The van der Waals surface area contributed by atoms with Crippen LogP contribution in [0.2, 0.25) is 0 Å². The number of nitrogens with one attached hydrogen (secondary N) is 1. The van der Waals surface area contributed by atoms with Crippen LogP contribution in [-0.2, 0) is 10.0 Å². The molecule has 3 N–H and O–H groups in total. The zero-order valence-electron chi connectivity index (χ0n) is 9.97. The third-order valence-electron chi connectivity index (χ3n) is 2.35. The lowest BCUT2D eigenvalue weighted by molar-refractivity contribution is 0.430. The summed E-state index contributed by atoms with van der Waals surface area (Å²) in [6, 6.07) is 6.09. The van der Waals surface area contributed by atoms with E-state index in [1.165, 1.54) is 18.2 Å². The van der Waals surface area contributed by atoms with Crippen molar-refractivity contribution in [3.8, 4) is 0 Å². The molecule has 2 aromatic rings. The summed E-state index contributed by atoms with van der Waals surface area (Å²) in [5, 5.41) is 3.61. The van der Waals surface area contributed by atoms with Gasteiger partial charge in [0.05, 0.1) is 10.6 Å². The Bertz CT molecular complexity index is 677. The molecular formula is C11H13N3O3S. The van der Waals surface area contributed by atoms with Crippen molar-refractivity contribution in [2.24, 2.45) is 0 Å². The van der Waals surface area contributed by atoms with E-state index < -0.39 is 10.0 Å². The second kappa shape index (κ2) is 4.34. The van der Waals surface area contributed by atoms with E-state index in [2.05, 4.69) is 9.88 Å². The highest BCUT2D eigenvalue weighted by Crippen LogP contribution is 2.21. The summed E-state index contributed by atoms with van der Waals surface area (Å²) in [7, 11) is -3.69. The van der Waals surface area contributed by atoms with Crippen LogP contribution in [0.5, 0.6) is 0 Å². The van der Waals surface area contributed by atoms with Gasteiger partial charge in [0.2, 0.25) is 5.88 Å². The topological polar surface area (TPSA) is 98.2 Å². The highest BCUT2D eigenvalue weighted by molar-refractivity contribution is 7.92. The molecule has 2 rings (SSSR count). The minimum Gasteiger partial charge on any atom is -0.399 e. The van der Waals surface area contributed by atoms with Gasteiger partial charge in [0.1, 0.15) is 0 Å². The fraction of sp³-hybridized carbons (Fsp3) is 0.182. The molecule has 1 aromatic heterocycles. The van der Waals surface area contributed by atoms with Gasteiger partial charge in [0.15, 0.2) is 0 Å². The molecule has 0 spiro atoms. The Hall–Kier alpha value is -2.02. The molecule has 7 heteroatoms. The number of aromatic nitrogens is 1. The quantitative estimate of drug-likeness (QED) is 0.824. The summed E-state index contributed by atoms with van der Waals surface area (Å²) in [5.74, 6) is 0.0868. The summed E-state index contributed by atoms with van der Waals surface area (Å²) >= 11 is 0. The molecule has 0 aliphatic carbocycles. The van der Waals surface area contributed by atoms with Gasteiger partial charge in [-0.15, -0.1) is 0 Å². The van der Waals surface area contributed by atoms with E-state index in [-0.39, 0.29) is 10.8 Å². The van der Waals surface area contributed by atoms with E-state index in [1.807, 2.05) is 0 Å². The van der Waals surface area contributed by atoms with Crippen LogP contribution in [0.15, 0.2) is 33.7 Å². The molecule has 0 saturated heterocycles. The van der Waals surface area contributed by atoms with E-state index >= 15 is 0 Å². The number of rotatable bonds is 3. The number of nitrogens with zero attached hydrogens (tertiary/aromatic N) is 1. The third-order valence-corrected chi connectivity index (χ3v) is 3.86. The Morgan fingerprint density at radius 2 is 2.00 bits per heavy atom. The van der Waals surface area contributed by atoms with E-state index in [9.17, 15) is 8.42 Å². The lowest BCUT2D eigenvalue weighted by Gasteiger charge is -2.08. The number of anilines is 2. The summed E-state index contributed by atoms with van der Waals surface area (Å²) < 4.78 is 31.3. The first-order valence-corrected chi connectivity index (χ1v) is 6.69. The van der Waals surface area contributed by atoms with Crippen molar-refractivity contribution in [3.63, 3.8) is 0 Å². The predicted octanol–water partition coefficient (Wildman–Crippen LogP) is 1.67. The molecule has 0 aliphatic rings. The predicted molar refractivity (Wildman–Crippen MR) is 67.6 cm³/mol. The summed E-state index contributed by atoms with van der Waals surface area (Å²) in [4.78, 5) is 0.158. The molecule has 0 unspecified atom stereocenters. The normalized spacial score (nSPS) is 11.4. The van der Waals surface area contributed by atoms with Gasteiger partial charge in [-0.05, 0) is 37.6 Å². The second-order valence-electron chi connectivity index (χ2n) is 3.96. The van der Waals surface area contributed by atoms with Crippen LogP contribution in [0.4, 0.5) is 11.6 Å². The molecule has 0 saturated carbocycles. The van der Waals surface area contributed by atoms with Crippen molar-refractivity contribution in [3.05, 3.63) is 35.5 Å². The number of sulfonamides is 1. The average molecular weight is 267 g/mol. The molecular weight excluding hydrogens is 254 g/mol. The van der Waals surface area contributed by atoms with Gasteiger partial charge in [0.25, 0.3) is 10.0 Å². The van der Waals surface area contributed by atoms with E-state index in [1.54, 1.807) is 19.9 Å². The molecule has 96 valence electrons. The SMILES string of the molecule is Cc1cc(NS(=O)(=O)c2ccc(N)cc2C)on1. The van der Waals surface area contributed by atoms with Gasteiger partial charge >= 0.3 is 0 Å². The van der Waals surface area contributed by atoms with Crippen LogP contribution in [-0.4, -0.2) is 13.6 Å². The Labute approximate surface area is 105 Å². The molecule has 0 fully saturated rings. The van der Waals surface area contributed by atoms with Crippen molar-refractivity contribution >= 4 is 21.6 Å². The molecule has 0 bridgehead atoms. The van der Waals surface area contributed by atoms with E-state index in [4.69, 9.17) is 10.3 Å². The molecule has 1 heterocycles. The zero-order chi connectivity index (χ0) is 13.3. The molecule has 0 radical (unpaired) electrons. The van der Waals surface area contributed by atoms with Gasteiger partial charge < -0.3 is 10.3 Å². The Morgan fingerprint density at radius 3 is 2.56 bits per heavy atom. The highest BCUT2D eigenvalue weighted by Gasteiger charge is 2.18. The van der Waals surface area contributed by atoms with Gasteiger partial charge in [-0.3, -0.25) is 0 Å². The standard InChI is InChI=1S/C11H13N3O3S/c1-7-5-9(12)3-4-10(7)18(15,16)14-11-6-8(2)13-17-11/h3-6,14H,12H2,1-2H3. The van der Waals surface area contributed by atoms with Crippen LogP contribution in [0.1, 0.15) is 11.3 Å². The number of hydrogen-bond acceptors (Lipinski definition) is 5. The van der Waals surface area contributed by atoms with Crippen molar-refractivity contribution in [2.45, 2.75) is 18.7 Å². The fourth-order valence-corrected chi connectivity index (χ4v) is 2.77. The maximum Gasteiger partial charge on any atom is 0.264 e. The second-order valence-corrected chi connectivity index (χ2v) is 5.61. The van der Waals surface area contributed by atoms with Crippen molar-refractivity contribution < 1.29 is 12.9 Å². The Morgan fingerprint density at radius 1 is 1.28 bits per heavy atom. The molecule has 6 nitrogen and oxygen atoms in total. The van der Waals surface area contributed by atoms with Gasteiger partial charge in [0, 0.05) is 11.8 Å². The minimum absolute atomic E-state index is 0.0868. The van der Waals surface area contributed by atoms with Crippen LogP contribution in [0, 0.1) is 13.8 Å². The largest absolute Gasteiger partial charge is 0.399 e. The molecule has 1 aromatic carbocycles. The molecule has 0 atom stereocenters. The minimum atomic E-state index is -3.69. The fourth-order valence-electron chi connectivity index (χ4n) is 1.57. The number of benzene rings is 1. The van der Waals surface area contributed by atoms with Crippen LogP contribution in [0.25, 0.3) is 0 Å². The summed E-state index contributed by atoms with van der Waals surface area (Å²) in [5.41, 5.74) is 7.27. The Balaban J connectivity index is 2.36. The highest BCUT2D eigenvalue weighted by atomic mass is 32.2. The van der Waals surface area contributed by atoms with Crippen LogP contribution < -0.4 is 10.5 Å². The first-order valence-electron chi connectivity index (χ1n) is 5.21. The van der Waals surface area contributed by atoms with Crippen LogP contribution in [0.3, 0.4) is 0 Å². The Kier molecular flexibility index (Phi) is 3.00. The van der Waals surface area contributed by atoms with Crippen molar-refractivity contribution in [1.29, 1.82) is 0 Å². The zero-order valence-corrected chi connectivity index (χ0v) is 10.8. The van der Waals surface area contributed by atoms with Crippen LogP contribution >= 0.6 is 0 Å². The maximum atomic E-state index is 12.1. The number of hydrogen-bond donors (Lipinski definition) is 2. The van der Waals surface area contributed by atoms with Gasteiger partial charge in [-0.2, -0.15) is 0 Å². The summed E-state index contributed by atoms with van der Waals surface area (Å²) in [6.07, 6.45) is 0.